The average molecular weight is 330 g/mol. The summed E-state index contributed by atoms with van der Waals surface area (Å²) in [5.41, 5.74) is 3.78. The summed E-state index contributed by atoms with van der Waals surface area (Å²) >= 11 is 6.75. The number of carbonyl (C=O) groups is 1. The summed E-state index contributed by atoms with van der Waals surface area (Å²) < 4.78 is 2.18. The van der Waals surface area contributed by atoms with E-state index in [2.05, 4.69) is 25.3 Å². The number of halogens is 1. The molecule has 3 heteroatoms. The minimum atomic E-state index is 0.0350. The lowest BCUT2D eigenvalue weighted by atomic mass is 9.88. The highest BCUT2D eigenvalue weighted by atomic mass is 35.5. The average Bonchev–Trinajstić information content (AvgIpc) is 3.01. The smallest absolute Gasteiger partial charge is 0.209 e. The standard InChI is InChI=1S/C20H24ClNO/c1-4-5-11-15-16(21)19-20(2,3)12-13-22(19)17(15)18(23)14-9-7-6-8-10-14/h6-10H,4-5,11-13H2,1-3H3. The molecular formula is C20H24ClNO. The molecule has 0 unspecified atom stereocenters. The van der Waals surface area contributed by atoms with Crippen molar-refractivity contribution in [1.29, 1.82) is 0 Å². The Kier molecular flexibility index (Phi) is 4.37. The quantitative estimate of drug-likeness (QED) is 0.673. The first-order chi connectivity index (χ1) is 11.0. The molecule has 0 fully saturated rings. The Balaban J connectivity index is 2.15. The van der Waals surface area contributed by atoms with Gasteiger partial charge in [0.05, 0.1) is 10.7 Å². The van der Waals surface area contributed by atoms with E-state index in [1.165, 1.54) is 0 Å². The fourth-order valence-corrected chi connectivity index (χ4v) is 4.15. The molecule has 1 aliphatic rings. The molecule has 1 aromatic heterocycles. The van der Waals surface area contributed by atoms with Crippen LogP contribution >= 0.6 is 11.6 Å². The van der Waals surface area contributed by atoms with E-state index in [4.69, 9.17) is 11.6 Å². The van der Waals surface area contributed by atoms with Gasteiger partial charge in [-0.2, -0.15) is 0 Å². The lowest BCUT2D eigenvalue weighted by molar-refractivity contribution is 0.102. The summed E-state index contributed by atoms with van der Waals surface area (Å²) in [6, 6.07) is 9.55. The van der Waals surface area contributed by atoms with Crippen molar-refractivity contribution in [2.24, 2.45) is 0 Å². The van der Waals surface area contributed by atoms with Crippen LogP contribution in [0.3, 0.4) is 0 Å². The first-order valence-electron chi connectivity index (χ1n) is 8.48. The zero-order chi connectivity index (χ0) is 16.6. The van der Waals surface area contributed by atoms with E-state index >= 15 is 0 Å². The van der Waals surface area contributed by atoms with Crippen LogP contribution in [0, 0.1) is 0 Å². The van der Waals surface area contributed by atoms with Crippen LogP contribution in [-0.4, -0.2) is 10.4 Å². The van der Waals surface area contributed by atoms with Crippen molar-refractivity contribution in [2.75, 3.05) is 0 Å². The van der Waals surface area contributed by atoms with Crippen LogP contribution in [0.15, 0.2) is 30.3 Å². The maximum Gasteiger partial charge on any atom is 0.209 e. The van der Waals surface area contributed by atoms with Gasteiger partial charge in [-0.05, 0) is 19.3 Å². The molecule has 2 nitrogen and oxygen atoms in total. The zero-order valence-electron chi connectivity index (χ0n) is 14.2. The van der Waals surface area contributed by atoms with E-state index < -0.39 is 0 Å². The lowest BCUT2D eigenvalue weighted by Crippen LogP contribution is -2.13. The number of unbranched alkanes of at least 4 members (excludes halogenated alkanes) is 1. The maximum atomic E-state index is 13.1. The van der Waals surface area contributed by atoms with Gasteiger partial charge in [-0.1, -0.05) is 69.1 Å². The molecule has 1 aliphatic heterocycles. The predicted octanol–water partition coefficient (Wildman–Crippen LogP) is 5.40. The van der Waals surface area contributed by atoms with Crippen molar-refractivity contribution in [3.8, 4) is 0 Å². The van der Waals surface area contributed by atoms with Gasteiger partial charge in [0, 0.05) is 28.8 Å². The van der Waals surface area contributed by atoms with E-state index in [0.717, 1.165) is 59.8 Å². The highest BCUT2D eigenvalue weighted by Gasteiger charge is 2.38. The molecule has 0 N–H and O–H groups in total. The number of rotatable bonds is 5. The molecule has 0 saturated heterocycles. The normalized spacial score (nSPS) is 15.7. The van der Waals surface area contributed by atoms with Crippen molar-refractivity contribution in [3.63, 3.8) is 0 Å². The topological polar surface area (TPSA) is 22.0 Å². The van der Waals surface area contributed by atoms with Crippen molar-refractivity contribution in [1.82, 2.24) is 4.57 Å². The highest BCUT2D eigenvalue weighted by molar-refractivity contribution is 6.33. The molecule has 122 valence electrons. The van der Waals surface area contributed by atoms with Crippen LogP contribution in [0.5, 0.6) is 0 Å². The Morgan fingerprint density at radius 3 is 2.61 bits per heavy atom. The van der Waals surface area contributed by atoms with Gasteiger partial charge in [-0.15, -0.1) is 0 Å². The summed E-state index contributed by atoms with van der Waals surface area (Å²) in [7, 11) is 0. The van der Waals surface area contributed by atoms with Gasteiger partial charge in [-0.3, -0.25) is 4.79 Å². The van der Waals surface area contributed by atoms with E-state index in [1.807, 2.05) is 30.3 Å². The van der Waals surface area contributed by atoms with Crippen molar-refractivity contribution < 1.29 is 4.79 Å². The monoisotopic (exact) mass is 329 g/mol. The number of hydrogen-bond acceptors (Lipinski definition) is 1. The van der Waals surface area contributed by atoms with Gasteiger partial charge in [0.25, 0.3) is 0 Å². The fourth-order valence-electron chi connectivity index (χ4n) is 3.60. The van der Waals surface area contributed by atoms with Crippen molar-refractivity contribution in [3.05, 3.63) is 57.9 Å². The molecule has 0 amide bonds. The van der Waals surface area contributed by atoms with E-state index in [-0.39, 0.29) is 11.2 Å². The van der Waals surface area contributed by atoms with Gasteiger partial charge in [-0.25, -0.2) is 0 Å². The van der Waals surface area contributed by atoms with E-state index in [9.17, 15) is 4.79 Å². The summed E-state index contributed by atoms with van der Waals surface area (Å²) in [5.74, 6) is 0.0996. The van der Waals surface area contributed by atoms with E-state index in [0.29, 0.717) is 0 Å². The summed E-state index contributed by atoms with van der Waals surface area (Å²) in [5, 5.41) is 0.820. The fraction of sp³-hybridized carbons (Fsp3) is 0.450. The summed E-state index contributed by atoms with van der Waals surface area (Å²) in [6.07, 6.45) is 4.06. The molecule has 0 bridgehead atoms. The molecule has 23 heavy (non-hydrogen) atoms. The number of nitrogens with zero attached hydrogens (tertiary/aromatic N) is 1. The Labute approximate surface area is 143 Å². The van der Waals surface area contributed by atoms with Crippen LogP contribution in [0.4, 0.5) is 0 Å². The molecule has 0 spiro atoms. The van der Waals surface area contributed by atoms with Crippen LogP contribution in [0.2, 0.25) is 5.02 Å². The SMILES string of the molecule is CCCCc1c(Cl)c2n(c1C(=O)c1ccccc1)CCC2(C)C. The molecule has 0 saturated carbocycles. The second-order valence-electron chi connectivity index (χ2n) is 7.07. The van der Waals surface area contributed by atoms with Gasteiger partial charge in [0.1, 0.15) is 0 Å². The van der Waals surface area contributed by atoms with Gasteiger partial charge < -0.3 is 4.57 Å². The molecule has 0 radical (unpaired) electrons. The summed E-state index contributed by atoms with van der Waals surface area (Å²) in [4.78, 5) is 13.1. The number of benzene rings is 1. The second kappa shape index (κ2) is 6.16. The second-order valence-corrected chi connectivity index (χ2v) is 7.45. The number of hydrogen-bond donors (Lipinski definition) is 0. The van der Waals surface area contributed by atoms with Gasteiger partial charge in [0.2, 0.25) is 5.78 Å². The molecule has 0 aliphatic carbocycles. The largest absolute Gasteiger partial charge is 0.340 e. The first kappa shape index (κ1) is 16.3. The number of ketones is 1. The summed E-state index contributed by atoms with van der Waals surface area (Å²) in [6.45, 7) is 7.48. The number of carbonyl (C=O) groups excluding carboxylic acids is 1. The van der Waals surface area contributed by atoms with Crippen molar-refractivity contribution >= 4 is 17.4 Å². The number of aromatic nitrogens is 1. The Bertz CT molecular complexity index is 728. The van der Waals surface area contributed by atoms with Crippen LogP contribution in [-0.2, 0) is 18.4 Å². The predicted molar refractivity (Wildman–Crippen MR) is 95.6 cm³/mol. The molecule has 0 atom stereocenters. The van der Waals surface area contributed by atoms with Crippen LogP contribution in [0.1, 0.15) is 67.3 Å². The lowest BCUT2D eigenvalue weighted by Gasteiger charge is -2.17. The third-order valence-corrected chi connectivity index (χ3v) is 5.34. The van der Waals surface area contributed by atoms with E-state index in [1.54, 1.807) is 0 Å². The third kappa shape index (κ3) is 2.74. The Hall–Kier alpha value is -1.54. The molecular weight excluding hydrogens is 306 g/mol. The van der Waals surface area contributed by atoms with Gasteiger partial charge >= 0.3 is 0 Å². The first-order valence-corrected chi connectivity index (χ1v) is 8.86. The number of fused-ring (bicyclic) bond motifs is 1. The van der Waals surface area contributed by atoms with Gasteiger partial charge in [0.15, 0.2) is 0 Å². The maximum absolute atomic E-state index is 13.1. The third-order valence-electron chi connectivity index (χ3n) is 4.93. The minimum absolute atomic E-state index is 0.0350. The molecule has 2 aromatic rings. The molecule has 3 rings (SSSR count). The van der Waals surface area contributed by atoms with Crippen molar-refractivity contribution in [2.45, 2.75) is 58.4 Å². The molecule has 1 aromatic carbocycles. The van der Waals surface area contributed by atoms with Crippen LogP contribution < -0.4 is 0 Å². The van der Waals surface area contributed by atoms with Crippen LogP contribution in [0.25, 0.3) is 0 Å². The molecule has 2 heterocycles. The minimum Gasteiger partial charge on any atom is -0.340 e. The highest BCUT2D eigenvalue weighted by Crippen LogP contribution is 2.44. The Morgan fingerprint density at radius 1 is 1.26 bits per heavy atom. The Morgan fingerprint density at radius 2 is 1.96 bits per heavy atom. The zero-order valence-corrected chi connectivity index (χ0v) is 14.9.